The summed E-state index contributed by atoms with van der Waals surface area (Å²) >= 11 is 7.78. The van der Waals surface area contributed by atoms with Crippen LogP contribution in [-0.2, 0) is 14.8 Å². The van der Waals surface area contributed by atoms with Crippen LogP contribution in [0.15, 0.2) is 41.3 Å². The maximum atomic E-state index is 13.8. The number of fused-ring (bicyclic) bond motifs is 1. The zero-order valence-corrected chi connectivity index (χ0v) is 24.5. The van der Waals surface area contributed by atoms with Crippen LogP contribution in [0.2, 0.25) is 5.02 Å². The summed E-state index contributed by atoms with van der Waals surface area (Å²) in [6.07, 6.45) is 2.47. The fourth-order valence-corrected chi connectivity index (χ4v) is 6.78. The summed E-state index contributed by atoms with van der Waals surface area (Å²) in [5.74, 6) is -0.210. The van der Waals surface area contributed by atoms with Crippen LogP contribution in [0.4, 0.5) is 5.13 Å². The molecule has 0 atom stereocenters. The number of aryl methyl sites for hydroxylation is 1. The van der Waals surface area contributed by atoms with Gasteiger partial charge in [-0.05, 0) is 61.7 Å². The zero-order chi connectivity index (χ0) is 27.3. The third-order valence-corrected chi connectivity index (χ3v) is 10.1. The van der Waals surface area contributed by atoms with Gasteiger partial charge in [0, 0.05) is 50.4 Å². The van der Waals surface area contributed by atoms with Crippen LogP contribution in [0.3, 0.4) is 0 Å². The molecule has 1 saturated heterocycles. The predicted octanol–water partition coefficient (Wildman–Crippen LogP) is 5.05. The first-order valence-corrected chi connectivity index (χ1v) is 15.6. The molecule has 0 N–H and O–H groups in total. The number of amides is 1. The average molecular weight is 579 g/mol. The quantitative estimate of drug-likeness (QED) is 0.317. The van der Waals surface area contributed by atoms with Crippen LogP contribution in [0, 0.1) is 6.92 Å². The van der Waals surface area contributed by atoms with Gasteiger partial charge in [0.15, 0.2) is 5.13 Å². The van der Waals surface area contributed by atoms with Gasteiger partial charge in [0.1, 0.15) is 0 Å². The minimum Gasteiger partial charge on any atom is -0.379 e. The lowest BCUT2D eigenvalue weighted by Gasteiger charge is -2.27. The number of thiazole rings is 1. The number of benzene rings is 2. The number of anilines is 1. The topological polar surface area (TPSA) is 83.1 Å². The third-order valence-electron chi connectivity index (χ3n) is 6.81. The van der Waals surface area contributed by atoms with Crippen molar-refractivity contribution in [3.8, 4) is 0 Å². The molecule has 0 aliphatic carbocycles. The first-order chi connectivity index (χ1) is 18.2. The van der Waals surface area contributed by atoms with Gasteiger partial charge < -0.3 is 4.74 Å². The molecule has 1 aliphatic rings. The van der Waals surface area contributed by atoms with E-state index < -0.39 is 10.0 Å². The smallest absolute Gasteiger partial charge is 0.260 e. The van der Waals surface area contributed by atoms with Gasteiger partial charge in [-0.2, -0.15) is 0 Å². The largest absolute Gasteiger partial charge is 0.379 e. The number of halogens is 1. The molecule has 0 bridgehead atoms. The molecule has 0 unspecified atom stereocenters. The summed E-state index contributed by atoms with van der Waals surface area (Å²) in [5, 5.41) is 1.24. The highest BCUT2D eigenvalue weighted by Crippen LogP contribution is 2.34. The number of morpholine rings is 1. The fraction of sp³-hybridized carbons (Fsp3) is 0.481. The highest BCUT2D eigenvalue weighted by Gasteiger charge is 2.25. The molecule has 8 nitrogen and oxygen atoms in total. The van der Waals surface area contributed by atoms with E-state index in [9.17, 15) is 13.2 Å². The number of hydrogen-bond donors (Lipinski definition) is 0. The molecule has 4 rings (SSSR count). The number of carbonyl (C=O) groups is 1. The third kappa shape index (κ3) is 6.55. The molecule has 2 aromatic carbocycles. The van der Waals surface area contributed by atoms with E-state index in [1.54, 1.807) is 24.1 Å². The number of nitrogens with zero attached hydrogens (tertiary/aromatic N) is 4. The number of ether oxygens (including phenoxy) is 1. The van der Waals surface area contributed by atoms with Crippen molar-refractivity contribution in [3.63, 3.8) is 0 Å². The van der Waals surface area contributed by atoms with Crippen molar-refractivity contribution in [2.45, 2.75) is 38.0 Å². The van der Waals surface area contributed by atoms with E-state index in [0.717, 1.165) is 67.9 Å². The molecule has 0 saturated carbocycles. The Morgan fingerprint density at radius 2 is 1.82 bits per heavy atom. The summed E-state index contributed by atoms with van der Waals surface area (Å²) in [6.45, 7) is 8.96. The average Bonchev–Trinajstić information content (AvgIpc) is 3.37. The van der Waals surface area contributed by atoms with Crippen molar-refractivity contribution in [3.05, 3.63) is 52.5 Å². The number of rotatable bonds is 11. The summed E-state index contributed by atoms with van der Waals surface area (Å²) in [6, 6.07) is 9.98. The minimum atomic E-state index is -3.61. The van der Waals surface area contributed by atoms with Crippen molar-refractivity contribution in [1.82, 2.24) is 14.2 Å². The maximum absolute atomic E-state index is 13.8. The molecule has 1 aliphatic heterocycles. The van der Waals surface area contributed by atoms with Gasteiger partial charge in [0.25, 0.3) is 5.91 Å². The van der Waals surface area contributed by atoms with Gasteiger partial charge in [-0.15, -0.1) is 0 Å². The van der Waals surface area contributed by atoms with E-state index >= 15 is 0 Å². The fourth-order valence-electron chi connectivity index (χ4n) is 4.37. The van der Waals surface area contributed by atoms with Crippen LogP contribution < -0.4 is 4.90 Å². The molecule has 1 amide bonds. The number of hydrogen-bond acceptors (Lipinski definition) is 7. The van der Waals surface area contributed by atoms with Gasteiger partial charge in [0.2, 0.25) is 10.0 Å². The molecule has 11 heteroatoms. The van der Waals surface area contributed by atoms with Crippen LogP contribution >= 0.6 is 22.9 Å². The standard InChI is InChI=1S/C27H35ClN4O4S2/c1-4-5-13-30(3)38(34,35)22-9-7-21(8-10-22)26(33)32(15-6-14-31-16-18-36-19-17-31)27-29-25-20(2)23(28)11-12-24(25)37-27/h7-12H,4-6,13-19H2,1-3H3. The van der Waals surface area contributed by atoms with Gasteiger partial charge in [-0.3, -0.25) is 14.6 Å². The number of aromatic nitrogens is 1. The molecule has 38 heavy (non-hydrogen) atoms. The Morgan fingerprint density at radius 3 is 2.50 bits per heavy atom. The molecule has 0 radical (unpaired) electrons. The SMILES string of the molecule is CCCCN(C)S(=O)(=O)c1ccc(C(=O)N(CCCN2CCOCC2)c2nc3c(C)c(Cl)ccc3s2)cc1. The Labute approximate surface area is 234 Å². The zero-order valence-electron chi connectivity index (χ0n) is 22.2. The molecule has 1 aromatic heterocycles. The van der Waals surface area contributed by atoms with Gasteiger partial charge in [-0.25, -0.2) is 17.7 Å². The summed E-state index contributed by atoms with van der Waals surface area (Å²) in [5.41, 5.74) is 2.09. The second-order valence-corrected chi connectivity index (χ2v) is 12.9. The van der Waals surface area contributed by atoms with E-state index in [2.05, 4.69) is 4.90 Å². The van der Waals surface area contributed by atoms with Gasteiger partial charge >= 0.3 is 0 Å². The van der Waals surface area contributed by atoms with Crippen molar-refractivity contribution in [2.24, 2.45) is 0 Å². The molecule has 0 spiro atoms. The van der Waals surface area contributed by atoms with E-state index in [-0.39, 0.29) is 10.8 Å². The Bertz CT molecular complexity index is 1360. The lowest BCUT2D eigenvalue weighted by molar-refractivity contribution is 0.0376. The molecule has 2 heterocycles. The molecule has 3 aromatic rings. The van der Waals surface area contributed by atoms with Gasteiger partial charge in [0.05, 0.1) is 28.3 Å². The van der Waals surface area contributed by atoms with Crippen molar-refractivity contribution < 1.29 is 17.9 Å². The van der Waals surface area contributed by atoms with Crippen LogP contribution in [0.1, 0.15) is 42.1 Å². The number of unbranched alkanes of at least 4 members (excludes halogenated alkanes) is 1. The van der Waals surface area contributed by atoms with E-state index in [1.165, 1.54) is 27.8 Å². The Hall–Kier alpha value is -2.08. The van der Waals surface area contributed by atoms with E-state index in [0.29, 0.717) is 28.8 Å². The summed E-state index contributed by atoms with van der Waals surface area (Å²) in [7, 11) is -2.02. The van der Waals surface area contributed by atoms with Gasteiger partial charge in [-0.1, -0.05) is 36.3 Å². The van der Waals surface area contributed by atoms with Crippen molar-refractivity contribution in [1.29, 1.82) is 0 Å². The van der Waals surface area contributed by atoms with Crippen LogP contribution in [0.5, 0.6) is 0 Å². The first kappa shape index (κ1) is 28.9. The molecular weight excluding hydrogens is 544 g/mol. The highest BCUT2D eigenvalue weighted by atomic mass is 35.5. The normalized spacial score (nSPS) is 14.9. The lowest BCUT2D eigenvalue weighted by Crippen LogP contribution is -2.39. The Morgan fingerprint density at radius 1 is 1.11 bits per heavy atom. The Balaban J connectivity index is 1.58. The molecular formula is C27H35ClN4O4S2. The van der Waals surface area contributed by atoms with E-state index in [1.807, 2.05) is 26.0 Å². The lowest BCUT2D eigenvalue weighted by atomic mass is 10.2. The van der Waals surface area contributed by atoms with Crippen molar-refractivity contribution in [2.75, 3.05) is 57.9 Å². The summed E-state index contributed by atoms with van der Waals surface area (Å²) in [4.78, 5) is 22.8. The molecule has 206 valence electrons. The number of carbonyl (C=O) groups excluding carboxylic acids is 1. The second kappa shape index (κ2) is 12.8. The Kier molecular flexibility index (Phi) is 9.78. The first-order valence-electron chi connectivity index (χ1n) is 13.0. The van der Waals surface area contributed by atoms with Crippen LogP contribution in [-0.4, -0.2) is 81.5 Å². The van der Waals surface area contributed by atoms with Crippen molar-refractivity contribution >= 4 is 54.2 Å². The van der Waals surface area contributed by atoms with E-state index in [4.69, 9.17) is 21.3 Å². The number of sulfonamides is 1. The molecule has 1 fully saturated rings. The highest BCUT2D eigenvalue weighted by molar-refractivity contribution is 7.89. The summed E-state index contributed by atoms with van der Waals surface area (Å²) < 4.78 is 33.6. The monoisotopic (exact) mass is 578 g/mol. The van der Waals surface area contributed by atoms with Crippen LogP contribution in [0.25, 0.3) is 10.2 Å². The maximum Gasteiger partial charge on any atom is 0.260 e. The second-order valence-electron chi connectivity index (χ2n) is 9.48. The predicted molar refractivity (Wildman–Crippen MR) is 154 cm³/mol. The minimum absolute atomic E-state index is 0.178.